The van der Waals surface area contributed by atoms with E-state index in [1.807, 2.05) is 57.0 Å². The molecule has 120 valence electrons. The van der Waals surface area contributed by atoms with Crippen LogP contribution in [0.2, 0.25) is 0 Å². The Labute approximate surface area is 143 Å². The first-order valence-electron chi connectivity index (χ1n) is 6.64. The van der Waals surface area contributed by atoms with Crippen LogP contribution in [0, 0.1) is 0 Å². The van der Waals surface area contributed by atoms with E-state index in [2.05, 4.69) is 27.7 Å². The monoisotopic (exact) mass is 382 g/mol. The smallest absolute Gasteiger partial charge is 0.0800 e. The molecular formula is C12H30OS6. The Morgan fingerprint density at radius 2 is 0.947 bits per heavy atom. The van der Waals surface area contributed by atoms with Gasteiger partial charge < -0.3 is 0 Å². The van der Waals surface area contributed by atoms with E-state index in [4.69, 9.17) is 0 Å². The Morgan fingerprint density at radius 1 is 0.632 bits per heavy atom. The third-order valence-electron chi connectivity index (χ3n) is 1.12. The molecule has 0 aromatic rings. The molecule has 0 radical (unpaired) electrons. The first-order valence-corrected chi connectivity index (χ1v) is 14.4. The molecule has 0 aromatic carbocycles. The molecule has 0 fully saturated rings. The van der Waals surface area contributed by atoms with Gasteiger partial charge in [0.1, 0.15) is 0 Å². The fraction of sp³-hybridized carbons (Fsp3) is 1.00. The molecule has 1 unspecified atom stereocenters. The summed E-state index contributed by atoms with van der Waals surface area (Å²) in [6.07, 6.45) is 0. The van der Waals surface area contributed by atoms with Crippen molar-refractivity contribution in [2.24, 2.45) is 0 Å². The Kier molecular flexibility index (Phi) is 38.2. The predicted molar refractivity (Wildman–Crippen MR) is 109 cm³/mol. The van der Waals surface area contributed by atoms with Gasteiger partial charge in [-0.15, -0.1) is 0 Å². The van der Waals surface area contributed by atoms with Gasteiger partial charge in [0.15, 0.2) is 0 Å². The van der Waals surface area contributed by atoms with Gasteiger partial charge in [0.05, 0.1) is 9.83 Å². The number of hydrogen-bond donors (Lipinski definition) is 0. The molecule has 0 saturated carbocycles. The Hall–Kier alpha value is 1.90. The molecule has 0 spiro atoms. The first kappa shape index (κ1) is 25.8. The van der Waals surface area contributed by atoms with Crippen molar-refractivity contribution in [1.82, 2.24) is 0 Å². The maximum Gasteiger partial charge on any atom is 0.0800 e. The van der Waals surface area contributed by atoms with Crippen LogP contribution in [-0.4, -0.2) is 38.7 Å². The predicted octanol–water partition coefficient (Wildman–Crippen LogP) is 6.24. The number of rotatable bonds is 9. The van der Waals surface area contributed by atoms with Crippen LogP contribution in [0.4, 0.5) is 0 Å². The molecule has 0 aliphatic carbocycles. The molecule has 0 aliphatic heterocycles. The summed E-state index contributed by atoms with van der Waals surface area (Å²) >= 11 is 0. The lowest BCUT2D eigenvalue weighted by molar-refractivity contribution is 0.692. The van der Waals surface area contributed by atoms with Crippen LogP contribution in [0.1, 0.15) is 41.5 Å². The molecule has 0 aromatic heterocycles. The van der Waals surface area contributed by atoms with E-state index in [0.29, 0.717) is 0 Å². The molecule has 0 bridgehead atoms. The summed E-state index contributed by atoms with van der Waals surface area (Å²) in [6.45, 7) is 12.6. The highest BCUT2D eigenvalue weighted by molar-refractivity contribution is 8.77. The van der Waals surface area contributed by atoms with E-state index >= 15 is 0 Å². The first-order chi connectivity index (χ1) is 9.14. The van der Waals surface area contributed by atoms with Crippen molar-refractivity contribution in [2.75, 3.05) is 34.5 Å². The third-order valence-corrected chi connectivity index (χ3v) is 9.40. The van der Waals surface area contributed by atoms with Gasteiger partial charge in [0, 0.05) is 34.5 Å². The zero-order chi connectivity index (χ0) is 15.4. The van der Waals surface area contributed by atoms with Crippen molar-refractivity contribution in [3.63, 3.8) is 0 Å². The summed E-state index contributed by atoms with van der Waals surface area (Å²) in [5.41, 5.74) is 0. The highest BCUT2D eigenvalue weighted by Gasteiger charge is 1.89. The lowest BCUT2D eigenvalue weighted by Gasteiger charge is -1.88. The zero-order valence-electron chi connectivity index (χ0n) is 13.1. The van der Waals surface area contributed by atoms with Gasteiger partial charge in [-0.25, -0.2) is 4.21 Å². The normalized spacial score (nSPS) is 10.8. The van der Waals surface area contributed by atoms with Gasteiger partial charge in [0.2, 0.25) is 0 Å². The SMILES string of the molecule is CCSS(=O)CC.CCSSCC.CCSSCC. The van der Waals surface area contributed by atoms with E-state index in [0.717, 1.165) is 11.5 Å². The fourth-order valence-electron chi connectivity index (χ4n) is 0.548. The largest absolute Gasteiger partial charge is 0.248 e. The van der Waals surface area contributed by atoms with Gasteiger partial charge in [-0.1, -0.05) is 95.5 Å². The summed E-state index contributed by atoms with van der Waals surface area (Å²) in [4.78, 5) is 0. The molecule has 0 amide bonds. The summed E-state index contributed by atoms with van der Waals surface area (Å²) in [5.74, 6) is 6.67. The van der Waals surface area contributed by atoms with Gasteiger partial charge >= 0.3 is 0 Å². The maximum absolute atomic E-state index is 10.5. The van der Waals surface area contributed by atoms with Crippen LogP contribution in [0.25, 0.3) is 0 Å². The lowest BCUT2D eigenvalue weighted by Crippen LogP contribution is -1.84. The minimum absolute atomic E-state index is 0.610. The highest BCUT2D eigenvalue weighted by atomic mass is 33.1. The van der Waals surface area contributed by atoms with Crippen molar-refractivity contribution in [2.45, 2.75) is 41.5 Å². The summed E-state index contributed by atoms with van der Waals surface area (Å²) < 4.78 is 10.5. The van der Waals surface area contributed by atoms with Crippen LogP contribution in [-0.2, 0) is 9.83 Å². The quantitative estimate of drug-likeness (QED) is 0.344. The minimum Gasteiger partial charge on any atom is -0.248 e. The second kappa shape index (κ2) is 28.1. The average molecular weight is 383 g/mol. The summed E-state index contributed by atoms with van der Waals surface area (Å²) in [5, 5.41) is 0. The second-order valence-corrected chi connectivity index (χ2v) is 12.5. The number of hydrogen-bond acceptors (Lipinski definition) is 6. The fourth-order valence-corrected chi connectivity index (χ4v) is 4.93. The molecule has 0 rings (SSSR count). The maximum atomic E-state index is 10.5. The van der Waals surface area contributed by atoms with Crippen LogP contribution in [0.5, 0.6) is 0 Å². The third kappa shape index (κ3) is 38.3. The molecule has 0 aliphatic rings. The van der Waals surface area contributed by atoms with Crippen molar-refractivity contribution < 1.29 is 4.21 Å². The minimum atomic E-state index is -0.610. The van der Waals surface area contributed by atoms with Crippen molar-refractivity contribution in [3.05, 3.63) is 0 Å². The Balaban J connectivity index is -0.000000203. The molecular weight excluding hydrogens is 353 g/mol. The van der Waals surface area contributed by atoms with Crippen molar-refractivity contribution in [3.8, 4) is 0 Å². The Bertz CT molecular complexity index is 141. The molecule has 1 atom stereocenters. The summed E-state index contributed by atoms with van der Waals surface area (Å²) in [7, 11) is 8.59. The molecule has 0 saturated heterocycles. The van der Waals surface area contributed by atoms with Gasteiger partial charge in [-0.2, -0.15) is 0 Å². The van der Waals surface area contributed by atoms with E-state index in [9.17, 15) is 4.21 Å². The van der Waals surface area contributed by atoms with E-state index in [1.165, 1.54) is 33.8 Å². The molecule has 7 heteroatoms. The van der Waals surface area contributed by atoms with Crippen molar-refractivity contribution in [1.29, 1.82) is 0 Å². The van der Waals surface area contributed by atoms with Crippen LogP contribution in [0.3, 0.4) is 0 Å². The van der Waals surface area contributed by atoms with E-state index < -0.39 is 9.83 Å². The van der Waals surface area contributed by atoms with Gasteiger partial charge in [-0.3, -0.25) is 0 Å². The molecule has 0 N–H and O–H groups in total. The van der Waals surface area contributed by atoms with Gasteiger partial charge in [0.25, 0.3) is 0 Å². The van der Waals surface area contributed by atoms with E-state index in [1.54, 1.807) is 0 Å². The molecule has 19 heavy (non-hydrogen) atoms. The highest BCUT2D eigenvalue weighted by Crippen LogP contribution is 2.18. The van der Waals surface area contributed by atoms with Crippen LogP contribution < -0.4 is 0 Å². The standard InChI is InChI=1S/C4H10OS2.2C4H10S2/c1-3-6-7(5)4-2;2*1-3-5-6-4-2/h3-4H2,1-2H3;2*3-4H2,1-2H3. The Morgan fingerprint density at radius 3 is 1.05 bits per heavy atom. The van der Waals surface area contributed by atoms with E-state index in [-0.39, 0.29) is 0 Å². The van der Waals surface area contributed by atoms with Crippen molar-refractivity contribution >= 4 is 63.8 Å². The zero-order valence-corrected chi connectivity index (χ0v) is 18.0. The average Bonchev–Trinajstić information content (AvgIpc) is 2.44. The second-order valence-electron chi connectivity index (χ2n) is 2.63. The van der Waals surface area contributed by atoms with Crippen LogP contribution >= 0.6 is 54.0 Å². The van der Waals surface area contributed by atoms with Crippen LogP contribution in [0.15, 0.2) is 0 Å². The molecule has 0 heterocycles. The topological polar surface area (TPSA) is 17.1 Å². The lowest BCUT2D eigenvalue weighted by atomic mass is 11.0. The summed E-state index contributed by atoms with van der Waals surface area (Å²) in [6, 6.07) is 0. The van der Waals surface area contributed by atoms with Gasteiger partial charge in [-0.05, 0) is 0 Å². The molecule has 1 nitrogen and oxygen atoms in total.